The van der Waals surface area contributed by atoms with Gasteiger partial charge in [0.25, 0.3) is 0 Å². The van der Waals surface area contributed by atoms with Gasteiger partial charge in [-0.05, 0) is 50.6 Å². The van der Waals surface area contributed by atoms with Crippen LogP contribution in [-0.2, 0) is 6.42 Å². The summed E-state index contributed by atoms with van der Waals surface area (Å²) < 4.78 is 11.4. The first-order valence-corrected chi connectivity index (χ1v) is 8.86. The summed E-state index contributed by atoms with van der Waals surface area (Å²) in [6.07, 6.45) is 5.32. The van der Waals surface area contributed by atoms with Crippen molar-refractivity contribution in [1.82, 2.24) is 15.6 Å². The quantitative estimate of drug-likeness (QED) is 0.901. The molecule has 1 saturated heterocycles. The monoisotopic (exact) mass is 327 g/mol. The first kappa shape index (κ1) is 15.7. The Bertz CT molecular complexity index is 708. The molecule has 3 heterocycles. The van der Waals surface area contributed by atoms with E-state index in [4.69, 9.17) is 9.47 Å². The van der Waals surface area contributed by atoms with Gasteiger partial charge in [-0.15, -0.1) is 0 Å². The highest BCUT2D eigenvalue weighted by Crippen LogP contribution is 2.34. The minimum absolute atomic E-state index is 0.504. The van der Waals surface area contributed by atoms with Gasteiger partial charge >= 0.3 is 0 Å². The predicted octanol–water partition coefficient (Wildman–Crippen LogP) is 2.14. The topological polar surface area (TPSA) is 55.4 Å². The van der Waals surface area contributed by atoms with Crippen LogP contribution in [0.4, 0.5) is 0 Å². The number of piperidine rings is 1. The Morgan fingerprint density at radius 1 is 1.33 bits per heavy atom. The van der Waals surface area contributed by atoms with E-state index in [0.29, 0.717) is 12.0 Å². The highest BCUT2D eigenvalue weighted by molar-refractivity contribution is 5.85. The molecule has 24 heavy (non-hydrogen) atoms. The van der Waals surface area contributed by atoms with Crippen molar-refractivity contribution in [3.63, 3.8) is 0 Å². The van der Waals surface area contributed by atoms with Crippen LogP contribution in [-0.4, -0.2) is 44.4 Å². The zero-order valence-electron chi connectivity index (χ0n) is 14.2. The van der Waals surface area contributed by atoms with Crippen LogP contribution < -0.4 is 20.1 Å². The van der Waals surface area contributed by atoms with Crippen LogP contribution >= 0.6 is 0 Å². The van der Waals surface area contributed by atoms with Crippen molar-refractivity contribution in [2.24, 2.45) is 5.92 Å². The van der Waals surface area contributed by atoms with Gasteiger partial charge in [0, 0.05) is 29.5 Å². The van der Waals surface area contributed by atoms with Crippen LogP contribution in [0.3, 0.4) is 0 Å². The first-order chi connectivity index (χ1) is 11.8. The van der Waals surface area contributed by atoms with Crippen molar-refractivity contribution in [2.45, 2.75) is 25.3 Å². The van der Waals surface area contributed by atoms with Crippen LogP contribution in [0.25, 0.3) is 10.9 Å². The second-order valence-corrected chi connectivity index (χ2v) is 6.80. The second-order valence-electron chi connectivity index (χ2n) is 6.80. The number of pyridine rings is 1. The molecule has 128 valence electrons. The Balaban J connectivity index is 1.51. The van der Waals surface area contributed by atoms with Gasteiger partial charge in [-0.2, -0.15) is 0 Å². The first-order valence-electron chi connectivity index (χ1n) is 8.86. The van der Waals surface area contributed by atoms with Gasteiger partial charge in [-0.3, -0.25) is 4.98 Å². The summed E-state index contributed by atoms with van der Waals surface area (Å²) in [6, 6.07) is 6.70. The predicted molar refractivity (Wildman–Crippen MR) is 94.9 cm³/mol. The van der Waals surface area contributed by atoms with Crippen molar-refractivity contribution in [2.75, 3.05) is 33.4 Å². The number of fused-ring (bicyclic) bond motifs is 3. The number of aromatic nitrogens is 1. The number of nitrogens with zero attached hydrogens (tertiary/aromatic N) is 1. The van der Waals surface area contributed by atoms with Crippen LogP contribution in [0.5, 0.6) is 11.5 Å². The summed E-state index contributed by atoms with van der Waals surface area (Å²) in [4.78, 5) is 4.51. The molecule has 1 aromatic carbocycles. The van der Waals surface area contributed by atoms with Gasteiger partial charge in [0.05, 0.1) is 25.4 Å². The van der Waals surface area contributed by atoms with Crippen LogP contribution in [0.1, 0.15) is 18.4 Å². The van der Waals surface area contributed by atoms with Gasteiger partial charge < -0.3 is 20.1 Å². The number of hydrogen-bond acceptors (Lipinski definition) is 5. The molecule has 0 radical (unpaired) electrons. The number of benzene rings is 1. The zero-order valence-corrected chi connectivity index (χ0v) is 14.2. The molecule has 1 unspecified atom stereocenters. The fourth-order valence-electron chi connectivity index (χ4n) is 3.72. The maximum atomic E-state index is 6.00. The van der Waals surface area contributed by atoms with Crippen molar-refractivity contribution < 1.29 is 9.47 Å². The summed E-state index contributed by atoms with van der Waals surface area (Å²) >= 11 is 0. The lowest BCUT2D eigenvalue weighted by Crippen LogP contribution is -2.43. The molecule has 4 rings (SSSR count). The van der Waals surface area contributed by atoms with E-state index in [1.807, 2.05) is 18.3 Å². The summed E-state index contributed by atoms with van der Waals surface area (Å²) in [5.74, 6) is 2.30. The number of ether oxygens (including phenoxy) is 2. The Labute approximate surface area is 142 Å². The van der Waals surface area contributed by atoms with Crippen LogP contribution in [0.15, 0.2) is 24.4 Å². The minimum Gasteiger partial charge on any atom is -0.497 e. The normalized spacial score (nSPS) is 21.3. The standard InChI is InChI=1S/C19H25N3O2/c1-23-15-2-3-18-16(9-15)17-8-13(12-24-19(17)11-22-18)10-21-14-4-6-20-7-5-14/h2-3,9,11,13-14,20-21H,4-8,10,12H2,1H3. The molecular weight excluding hydrogens is 302 g/mol. The lowest BCUT2D eigenvalue weighted by molar-refractivity contribution is 0.211. The second kappa shape index (κ2) is 6.95. The van der Waals surface area contributed by atoms with E-state index in [-0.39, 0.29) is 0 Å². The fourth-order valence-corrected chi connectivity index (χ4v) is 3.72. The zero-order chi connectivity index (χ0) is 16.4. The highest BCUT2D eigenvalue weighted by Gasteiger charge is 2.23. The smallest absolute Gasteiger partial charge is 0.141 e. The maximum absolute atomic E-state index is 6.00. The molecule has 5 nitrogen and oxygen atoms in total. The molecule has 0 bridgehead atoms. The van der Waals surface area contributed by atoms with Gasteiger partial charge in [0.2, 0.25) is 0 Å². The van der Waals surface area contributed by atoms with Gasteiger partial charge in [0.15, 0.2) is 0 Å². The summed E-state index contributed by atoms with van der Waals surface area (Å²) in [7, 11) is 1.70. The number of methoxy groups -OCH3 is 1. The largest absolute Gasteiger partial charge is 0.497 e. The van der Waals surface area contributed by atoms with E-state index in [1.165, 1.54) is 18.4 Å². The van der Waals surface area contributed by atoms with Crippen molar-refractivity contribution in [1.29, 1.82) is 0 Å². The lowest BCUT2D eigenvalue weighted by Gasteiger charge is -2.29. The lowest BCUT2D eigenvalue weighted by atomic mass is 9.93. The van der Waals surface area contributed by atoms with Gasteiger partial charge in [-0.1, -0.05) is 0 Å². The van der Waals surface area contributed by atoms with Crippen molar-refractivity contribution >= 4 is 10.9 Å². The molecule has 0 saturated carbocycles. The Kier molecular flexibility index (Phi) is 4.54. The third-order valence-corrected chi connectivity index (χ3v) is 5.15. The molecule has 2 aliphatic heterocycles. The number of nitrogens with one attached hydrogen (secondary N) is 2. The van der Waals surface area contributed by atoms with E-state index in [9.17, 15) is 0 Å². The summed E-state index contributed by atoms with van der Waals surface area (Å²) in [6.45, 7) is 4.02. The average molecular weight is 327 g/mol. The fraction of sp³-hybridized carbons (Fsp3) is 0.526. The highest BCUT2D eigenvalue weighted by atomic mass is 16.5. The molecular formula is C19H25N3O2. The minimum atomic E-state index is 0.504. The molecule has 0 aliphatic carbocycles. The maximum Gasteiger partial charge on any atom is 0.141 e. The molecule has 0 amide bonds. The Hall–Kier alpha value is -1.85. The van der Waals surface area contributed by atoms with E-state index < -0.39 is 0 Å². The van der Waals surface area contributed by atoms with Gasteiger partial charge in [-0.25, -0.2) is 0 Å². The molecule has 2 aromatic rings. The molecule has 1 fully saturated rings. The number of hydrogen-bond donors (Lipinski definition) is 2. The summed E-state index contributed by atoms with van der Waals surface area (Å²) in [5.41, 5.74) is 2.27. The molecule has 2 N–H and O–H groups in total. The molecule has 1 aromatic heterocycles. The SMILES string of the molecule is COc1ccc2ncc3c(c2c1)CC(CNC1CCNCC1)CO3. The van der Waals surface area contributed by atoms with Crippen LogP contribution in [0.2, 0.25) is 0 Å². The molecule has 5 heteroatoms. The Morgan fingerprint density at radius 3 is 3.04 bits per heavy atom. The molecule has 1 atom stereocenters. The average Bonchev–Trinajstić information content (AvgIpc) is 2.66. The van der Waals surface area contributed by atoms with E-state index >= 15 is 0 Å². The van der Waals surface area contributed by atoms with Crippen molar-refractivity contribution in [3.05, 3.63) is 30.0 Å². The number of rotatable bonds is 4. The van der Waals surface area contributed by atoms with Gasteiger partial charge in [0.1, 0.15) is 11.5 Å². The van der Waals surface area contributed by atoms with Crippen LogP contribution in [0, 0.1) is 5.92 Å². The summed E-state index contributed by atoms with van der Waals surface area (Å²) in [5, 5.41) is 8.30. The van der Waals surface area contributed by atoms with E-state index in [1.54, 1.807) is 7.11 Å². The van der Waals surface area contributed by atoms with Crippen molar-refractivity contribution in [3.8, 4) is 11.5 Å². The third-order valence-electron chi connectivity index (χ3n) is 5.15. The molecule has 0 spiro atoms. The Morgan fingerprint density at radius 2 is 2.21 bits per heavy atom. The van der Waals surface area contributed by atoms with E-state index in [2.05, 4.69) is 21.7 Å². The van der Waals surface area contributed by atoms with E-state index in [0.717, 1.165) is 55.1 Å². The molecule has 2 aliphatic rings. The third kappa shape index (κ3) is 3.19.